The van der Waals surface area contributed by atoms with E-state index in [1.54, 1.807) is 54.6 Å². The number of terminal acetylenes is 1. The van der Waals surface area contributed by atoms with Gasteiger partial charge in [0.1, 0.15) is 42.4 Å². The van der Waals surface area contributed by atoms with Crippen molar-refractivity contribution < 1.29 is 38.5 Å². The van der Waals surface area contributed by atoms with Crippen LogP contribution in [0.2, 0.25) is 5.02 Å². The van der Waals surface area contributed by atoms with Gasteiger partial charge >= 0.3 is 0 Å². The summed E-state index contributed by atoms with van der Waals surface area (Å²) in [5.41, 5.74) is 0.934. The summed E-state index contributed by atoms with van der Waals surface area (Å²) in [5.74, 6) is 2.21. The van der Waals surface area contributed by atoms with Crippen LogP contribution in [0.25, 0.3) is 0 Å². The molecule has 3 aromatic rings. The van der Waals surface area contributed by atoms with Crippen LogP contribution in [0.5, 0.6) is 11.5 Å². The fraction of sp³-hybridized carbons (Fsp3) is 0.490. The second kappa shape index (κ2) is 20.3. The molecule has 4 atom stereocenters. The molecule has 0 aromatic heterocycles. The van der Waals surface area contributed by atoms with Crippen molar-refractivity contribution in [3.8, 4) is 29.9 Å². The van der Waals surface area contributed by atoms with Crippen LogP contribution in [0.4, 0.5) is 0 Å². The van der Waals surface area contributed by atoms with Crippen LogP contribution < -0.4 is 25.4 Å². The third-order valence-electron chi connectivity index (χ3n) is 12.0. The number of unbranched alkanes of at least 4 members (excludes halogenated alkanes) is 1. The fourth-order valence-electron chi connectivity index (χ4n) is 8.76. The Morgan fingerprint density at radius 2 is 1.59 bits per heavy atom. The molecule has 13 nitrogen and oxygen atoms in total. The van der Waals surface area contributed by atoms with Gasteiger partial charge in [-0.2, -0.15) is 5.26 Å². The van der Waals surface area contributed by atoms with E-state index in [9.17, 15) is 29.5 Å². The molecular weight excluding hydrogens is 822 g/mol. The van der Waals surface area contributed by atoms with Crippen LogP contribution in [0, 0.1) is 39.9 Å². The Bertz CT molecular complexity index is 2190. The summed E-state index contributed by atoms with van der Waals surface area (Å²) in [5, 5.41) is 29.0. The number of hydrogen-bond donors (Lipinski definition) is 4. The summed E-state index contributed by atoms with van der Waals surface area (Å²) in [6.07, 6.45) is 5.69. The Labute approximate surface area is 376 Å². The summed E-state index contributed by atoms with van der Waals surface area (Å²) in [4.78, 5) is 55.1. The lowest BCUT2D eigenvalue weighted by Gasteiger charge is -2.63. The SMILES string of the molecule is C#Cc1ccc([C@H](C)NC(=O)[C@@H]2C[C@@H](O)CN2C(=O)[C@@H](NC(=O)COCCCCOc2ccc(C(=O)N[C@H]3C(C)(C)[C@H](Oc4ccc(C#N)c(Cl)c4)C3(C)C)cc2)C(C)(C)C)cc1. The zero-order valence-electron chi connectivity index (χ0n) is 37.4. The number of β-amino-alcohol motifs (C(OH)–C–C–N with tert-alkyl or cyclic N) is 1. The first-order valence-corrected chi connectivity index (χ1v) is 21.7. The number of likely N-dealkylation sites (tertiary alicyclic amines) is 1. The van der Waals surface area contributed by atoms with E-state index in [1.165, 1.54) is 4.90 Å². The fourth-order valence-corrected chi connectivity index (χ4v) is 8.97. The minimum atomic E-state index is -0.973. The number of nitrogens with zero attached hydrogens (tertiary/aromatic N) is 2. The number of carbonyl (C=O) groups is 4. The molecule has 1 heterocycles. The van der Waals surface area contributed by atoms with Crippen molar-refractivity contribution in [2.75, 3.05) is 26.4 Å². The maximum absolute atomic E-state index is 13.9. The largest absolute Gasteiger partial charge is 0.494 e. The van der Waals surface area contributed by atoms with E-state index in [0.29, 0.717) is 47.1 Å². The molecular formula is C49H60ClN5O8. The number of amides is 4. The van der Waals surface area contributed by atoms with Crippen LogP contribution in [0.3, 0.4) is 0 Å². The number of ether oxygens (including phenoxy) is 3. The van der Waals surface area contributed by atoms with E-state index in [0.717, 1.165) is 11.1 Å². The van der Waals surface area contributed by atoms with Crippen molar-refractivity contribution in [2.24, 2.45) is 16.2 Å². The molecule has 336 valence electrons. The average Bonchev–Trinajstić information content (AvgIpc) is 3.64. The molecule has 14 heteroatoms. The summed E-state index contributed by atoms with van der Waals surface area (Å²) in [7, 11) is 0. The molecule has 5 rings (SSSR count). The predicted molar refractivity (Wildman–Crippen MR) is 240 cm³/mol. The van der Waals surface area contributed by atoms with Gasteiger partial charge in [0, 0.05) is 53.6 Å². The molecule has 63 heavy (non-hydrogen) atoms. The molecule has 0 unspecified atom stereocenters. The Kier molecular flexibility index (Phi) is 15.6. The second-order valence-corrected chi connectivity index (χ2v) is 19.1. The average molecular weight is 882 g/mol. The standard InChI is InChI=1S/C49H60ClN5O8/c1-10-31-13-15-32(16-14-31)30(2)52-43(59)39-25-35(56)28-55(39)44(60)41(47(3,4)5)53-40(57)29-61-23-11-12-24-62-36-20-17-33(18-21-36)42(58)54-45-48(6,7)46(49(45,8)9)63-37-22-19-34(27-51)38(50)26-37/h1,13-22,26,30,35,39,41,45-46,56H,11-12,23-25,28-29H2,2-9H3,(H,52,59)(H,53,57)(H,54,58)/t30-,35+,39-,41+,45-,46-/m0/s1. The van der Waals surface area contributed by atoms with Crippen molar-refractivity contribution in [3.05, 3.63) is 94.0 Å². The van der Waals surface area contributed by atoms with Crippen LogP contribution in [0.1, 0.15) is 108 Å². The first kappa shape index (κ1) is 48.4. The van der Waals surface area contributed by atoms with Crippen LogP contribution in [0.15, 0.2) is 66.7 Å². The van der Waals surface area contributed by atoms with Gasteiger partial charge in [0.05, 0.1) is 29.3 Å². The number of benzene rings is 3. The molecule has 2 aliphatic rings. The van der Waals surface area contributed by atoms with E-state index < -0.39 is 52.2 Å². The monoisotopic (exact) mass is 881 g/mol. The first-order chi connectivity index (χ1) is 29.7. The lowest BCUT2D eigenvalue weighted by Crippen LogP contribution is -2.74. The van der Waals surface area contributed by atoms with Crippen molar-refractivity contribution in [3.63, 3.8) is 0 Å². The number of aliphatic hydroxyl groups is 1. The number of hydrogen-bond acceptors (Lipinski definition) is 9. The van der Waals surface area contributed by atoms with E-state index in [-0.39, 0.29) is 50.3 Å². The van der Waals surface area contributed by atoms with Gasteiger partial charge in [-0.3, -0.25) is 19.2 Å². The molecule has 4 N–H and O–H groups in total. The molecule has 1 saturated heterocycles. The van der Waals surface area contributed by atoms with E-state index >= 15 is 0 Å². The number of nitrogens with one attached hydrogen (secondary N) is 3. The Hall–Kier alpha value is -5.60. The highest BCUT2D eigenvalue weighted by molar-refractivity contribution is 6.31. The molecule has 4 amide bonds. The summed E-state index contributed by atoms with van der Waals surface area (Å²) >= 11 is 6.23. The smallest absolute Gasteiger partial charge is 0.251 e. The highest BCUT2D eigenvalue weighted by Gasteiger charge is 2.64. The first-order valence-electron chi connectivity index (χ1n) is 21.3. The van der Waals surface area contributed by atoms with Crippen molar-refractivity contribution in [1.29, 1.82) is 5.26 Å². The predicted octanol–water partition coefficient (Wildman–Crippen LogP) is 6.35. The molecule has 0 radical (unpaired) electrons. The topological polar surface area (TPSA) is 179 Å². The lowest BCUT2D eigenvalue weighted by molar-refractivity contribution is -0.164. The summed E-state index contributed by atoms with van der Waals surface area (Å²) < 4.78 is 17.9. The van der Waals surface area contributed by atoms with E-state index in [1.807, 2.05) is 39.8 Å². The van der Waals surface area contributed by atoms with Gasteiger partial charge in [0.15, 0.2) is 0 Å². The van der Waals surface area contributed by atoms with Gasteiger partial charge in [0.25, 0.3) is 5.91 Å². The van der Waals surface area contributed by atoms with Crippen molar-refractivity contribution >= 4 is 35.2 Å². The van der Waals surface area contributed by atoms with Gasteiger partial charge in [0.2, 0.25) is 17.7 Å². The Morgan fingerprint density at radius 3 is 2.19 bits per heavy atom. The minimum absolute atomic E-state index is 0.0306. The third-order valence-corrected chi connectivity index (χ3v) is 12.3. The number of carbonyl (C=O) groups excluding carboxylic acids is 4. The maximum Gasteiger partial charge on any atom is 0.251 e. The lowest BCUT2D eigenvalue weighted by atomic mass is 9.49. The van der Waals surface area contributed by atoms with Crippen molar-refractivity contribution in [2.45, 2.75) is 111 Å². The Morgan fingerprint density at radius 1 is 0.952 bits per heavy atom. The molecule has 1 aliphatic heterocycles. The Balaban J connectivity index is 1.02. The number of rotatable bonds is 17. The van der Waals surface area contributed by atoms with Gasteiger partial charge in [-0.15, -0.1) is 6.42 Å². The molecule has 1 aliphatic carbocycles. The molecule has 1 saturated carbocycles. The zero-order chi connectivity index (χ0) is 46.3. The normalized spacial score (nSPS) is 20.8. The van der Waals surface area contributed by atoms with Crippen LogP contribution in [-0.2, 0) is 19.1 Å². The van der Waals surface area contributed by atoms with E-state index in [2.05, 4.69) is 55.6 Å². The highest BCUT2D eigenvalue weighted by Crippen LogP contribution is 2.55. The summed E-state index contributed by atoms with van der Waals surface area (Å²) in [6, 6.07) is 18.8. The second-order valence-electron chi connectivity index (χ2n) is 18.7. The minimum Gasteiger partial charge on any atom is -0.494 e. The number of halogens is 1. The van der Waals surface area contributed by atoms with Crippen LogP contribution in [-0.4, -0.2) is 90.3 Å². The molecule has 0 spiro atoms. The third kappa shape index (κ3) is 11.7. The maximum atomic E-state index is 13.9. The summed E-state index contributed by atoms with van der Waals surface area (Å²) in [6.45, 7) is 15.9. The van der Waals surface area contributed by atoms with Gasteiger partial charge < -0.3 is 40.2 Å². The van der Waals surface area contributed by atoms with E-state index in [4.69, 9.17) is 32.2 Å². The molecule has 0 bridgehead atoms. The van der Waals surface area contributed by atoms with Gasteiger partial charge in [-0.05, 0) is 79.3 Å². The highest BCUT2D eigenvalue weighted by atomic mass is 35.5. The van der Waals surface area contributed by atoms with Gasteiger partial charge in [-0.25, -0.2) is 0 Å². The van der Waals surface area contributed by atoms with Gasteiger partial charge in [-0.1, -0.05) is 78.1 Å². The van der Waals surface area contributed by atoms with Crippen LogP contribution >= 0.6 is 11.6 Å². The quantitative estimate of drug-likeness (QED) is 0.0889. The number of nitriles is 1. The molecule has 3 aromatic carbocycles. The number of aliphatic hydroxyl groups excluding tert-OH is 1. The molecule has 2 fully saturated rings. The zero-order valence-corrected chi connectivity index (χ0v) is 38.2. The van der Waals surface area contributed by atoms with Crippen molar-refractivity contribution in [1.82, 2.24) is 20.9 Å².